The second kappa shape index (κ2) is 13.5. The van der Waals surface area contributed by atoms with Crippen LogP contribution in [0.1, 0.15) is 43.6 Å². The Morgan fingerprint density at radius 1 is 1.11 bits per heavy atom. The zero-order valence-electron chi connectivity index (χ0n) is 26.4. The first-order chi connectivity index (χ1) is 22.6. The van der Waals surface area contributed by atoms with E-state index in [0.717, 1.165) is 35.5 Å². The molecule has 14 heteroatoms. The highest BCUT2D eigenvalue weighted by Gasteiger charge is 2.26. The molecule has 1 fully saturated rings. The molecule has 4 heterocycles. The van der Waals surface area contributed by atoms with Crippen LogP contribution >= 0.6 is 11.6 Å². The van der Waals surface area contributed by atoms with Crippen molar-refractivity contribution in [1.82, 2.24) is 30.2 Å². The van der Waals surface area contributed by atoms with Crippen LogP contribution in [-0.4, -0.2) is 70.5 Å². The zero-order chi connectivity index (χ0) is 33.2. The molecule has 2 aromatic heterocycles. The van der Waals surface area contributed by atoms with Gasteiger partial charge in [0, 0.05) is 67.9 Å². The third-order valence-electron chi connectivity index (χ3n) is 8.44. The van der Waals surface area contributed by atoms with Crippen molar-refractivity contribution in [2.75, 3.05) is 37.9 Å². The Morgan fingerprint density at radius 3 is 2.60 bits per heavy atom. The molecule has 0 radical (unpaired) electrons. The summed E-state index contributed by atoms with van der Waals surface area (Å²) in [6.07, 6.45) is 2.37. The number of imidazole rings is 1. The Kier molecular flexibility index (Phi) is 9.23. The molecule has 3 amide bonds. The summed E-state index contributed by atoms with van der Waals surface area (Å²) in [5, 5.41) is 9.33. The van der Waals surface area contributed by atoms with E-state index in [1.807, 2.05) is 49.9 Å². The number of halogens is 1. The highest BCUT2D eigenvalue weighted by molar-refractivity contribution is 6.36. The van der Waals surface area contributed by atoms with Crippen LogP contribution in [0.5, 0.6) is 5.75 Å². The lowest BCUT2D eigenvalue weighted by Gasteiger charge is -2.21. The largest absolute Gasteiger partial charge is 0.496 e. The van der Waals surface area contributed by atoms with Gasteiger partial charge < -0.3 is 24.8 Å². The Balaban J connectivity index is 1.18. The number of hydroxylamine groups is 1. The number of anilines is 2. The van der Waals surface area contributed by atoms with Crippen LogP contribution in [0.15, 0.2) is 48.7 Å². The summed E-state index contributed by atoms with van der Waals surface area (Å²) in [4.78, 5) is 54.5. The van der Waals surface area contributed by atoms with Crippen molar-refractivity contribution in [1.29, 1.82) is 0 Å². The number of hydrogen-bond donors (Lipinski definition) is 4. The van der Waals surface area contributed by atoms with Crippen molar-refractivity contribution >= 4 is 40.7 Å². The molecule has 0 saturated carbocycles. The second-order valence-electron chi connectivity index (χ2n) is 11.5. The highest BCUT2D eigenvalue weighted by atomic mass is 35.5. The van der Waals surface area contributed by atoms with Crippen LogP contribution in [0.4, 0.5) is 11.4 Å². The molecule has 6 rings (SSSR count). The lowest BCUT2D eigenvalue weighted by molar-refractivity contribution is -0.125. The quantitative estimate of drug-likeness (QED) is 0.212. The predicted molar refractivity (Wildman–Crippen MR) is 176 cm³/mol. The summed E-state index contributed by atoms with van der Waals surface area (Å²) in [5.41, 5.74) is 8.38. The number of carbonyl (C=O) groups excluding carboxylic acids is 3. The van der Waals surface area contributed by atoms with E-state index in [1.165, 1.54) is 13.3 Å². The minimum Gasteiger partial charge on any atom is -0.496 e. The number of aromatic nitrogens is 3. The van der Waals surface area contributed by atoms with Crippen LogP contribution in [0.2, 0.25) is 5.02 Å². The molecule has 2 aromatic carbocycles. The van der Waals surface area contributed by atoms with Crippen molar-refractivity contribution in [3.05, 3.63) is 87.7 Å². The Bertz CT molecular complexity index is 1880. The Labute approximate surface area is 276 Å². The number of nitrogens with one attached hydrogen (secondary N) is 4. The lowest BCUT2D eigenvalue weighted by atomic mass is 9.98. The molecular formula is C33H35ClN8O5. The molecule has 0 unspecified atom stereocenters. The number of ether oxygens (including phenoxy) is 1. The van der Waals surface area contributed by atoms with Gasteiger partial charge in [0.1, 0.15) is 17.5 Å². The number of pyridine rings is 1. The van der Waals surface area contributed by atoms with Gasteiger partial charge in [0.25, 0.3) is 17.7 Å². The molecule has 0 bridgehead atoms. The summed E-state index contributed by atoms with van der Waals surface area (Å²) < 4.78 is 7.35. The molecule has 4 N–H and O–H groups in total. The van der Waals surface area contributed by atoms with Gasteiger partial charge in [-0.2, -0.15) is 0 Å². The van der Waals surface area contributed by atoms with Crippen LogP contribution in [0, 0.1) is 6.92 Å². The number of benzene rings is 2. The molecule has 47 heavy (non-hydrogen) atoms. The van der Waals surface area contributed by atoms with Crippen molar-refractivity contribution < 1.29 is 24.0 Å². The van der Waals surface area contributed by atoms with E-state index in [-0.39, 0.29) is 24.1 Å². The third-order valence-corrected chi connectivity index (χ3v) is 8.85. The Morgan fingerprint density at radius 2 is 1.85 bits per heavy atom. The number of amides is 3. The summed E-state index contributed by atoms with van der Waals surface area (Å²) >= 11 is 6.89. The first kappa shape index (κ1) is 32.1. The first-order valence-electron chi connectivity index (χ1n) is 15.1. The number of carbonyl (C=O) groups is 3. The van der Waals surface area contributed by atoms with E-state index < -0.39 is 11.9 Å². The maximum Gasteiger partial charge on any atom is 0.291 e. The minimum absolute atomic E-state index is 0.155. The van der Waals surface area contributed by atoms with Crippen molar-refractivity contribution in [2.24, 2.45) is 7.05 Å². The molecule has 4 aromatic rings. The standard InChI is InChI=1S/C33H35ClN8O5/c1-18-20(21-8-6-10-23(29(21)34)39-33(45)30-37-25-16-41(2)12-11-27(25)42(30)3)7-5-9-22(18)38-31(43)24-13-28(46-4)19(14-35-24)15-36-26-17-47-40-32(26)44/h5-10,13-14,26,36H,11-12,15-17H2,1-4H3,(H,38,43)(H,39,45)(H,40,44)/t26-/m1/s1. The number of nitrogens with zero attached hydrogens (tertiary/aromatic N) is 4. The maximum absolute atomic E-state index is 13.3. The van der Waals surface area contributed by atoms with E-state index in [4.69, 9.17) is 21.2 Å². The average Bonchev–Trinajstić information content (AvgIpc) is 3.63. The molecule has 2 aliphatic rings. The van der Waals surface area contributed by atoms with Gasteiger partial charge in [0.2, 0.25) is 0 Å². The van der Waals surface area contributed by atoms with Gasteiger partial charge in [0.15, 0.2) is 5.82 Å². The van der Waals surface area contributed by atoms with Gasteiger partial charge in [-0.1, -0.05) is 35.9 Å². The highest BCUT2D eigenvalue weighted by Crippen LogP contribution is 2.37. The van der Waals surface area contributed by atoms with E-state index >= 15 is 0 Å². The molecule has 0 spiro atoms. The topological polar surface area (TPSA) is 152 Å². The molecule has 0 aliphatic carbocycles. The van der Waals surface area contributed by atoms with Gasteiger partial charge >= 0.3 is 0 Å². The molecular weight excluding hydrogens is 624 g/mol. The van der Waals surface area contributed by atoms with Crippen LogP contribution in [0.3, 0.4) is 0 Å². The number of likely N-dealkylation sites (N-methyl/N-ethyl adjacent to an activating group) is 1. The molecule has 1 atom stereocenters. The van der Waals surface area contributed by atoms with Crippen molar-refractivity contribution in [2.45, 2.75) is 32.5 Å². The summed E-state index contributed by atoms with van der Waals surface area (Å²) in [5.74, 6) is -0.241. The molecule has 2 aliphatic heterocycles. The average molecular weight is 659 g/mol. The number of hydrogen-bond acceptors (Lipinski definition) is 9. The van der Waals surface area contributed by atoms with E-state index in [2.05, 4.69) is 36.3 Å². The first-order valence-corrected chi connectivity index (χ1v) is 15.4. The second-order valence-corrected chi connectivity index (χ2v) is 11.9. The van der Waals surface area contributed by atoms with Gasteiger partial charge in [0.05, 0.1) is 30.1 Å². The van der Waals surface area contributed by atoms with Gasteiger partial charge in [-0.25, -0.2) is 10.5 Å². The molecule has 1 saturated heterocycles. The maximum atomic E-state index is 13.3. The van der Waals surface area contributed by atoms with Crippen LogP contribution in [0.25, 0.3) is 11.1 Å². The molecule has 244 valence electrons. The smallest absolute Gasteiger partial charge is 0.291 e. The summed E-state index contributed by atoms with van der Waals surface area (Å²) in [6, 6.07) is 12.0. The molecule has 13 nitrogen and oxygen atoms in total. The fourth-order valence-electron chi connectivity index (χ4n) is 5.77. The third kappa shape index (κ3) is 6.56. The van der Waals surface area contributed by atoms with Crippen LogP contribution < -0.4 is 26.2 Å². The Hall–Kier alpha value is -4.82. The van der Waals surface area contributed by atoms with Crippen LogP contribution in [-0.2, 0) is 36.2 Å². The number of fused-ring (bicyclic) bond motifs is 1. The lowest BCUT2D eigenvalue weighted by Crippen LogP contribution is -2.37. The summed E-state index contributed by atoms with van der Waals surface area (Å²) in [6.45, 7) is 4.00. The minimum atomic E-state index is -0.489. The van der Waals surface area contributed by atoms with E-state index in [9.17, 15) is 14.4 Å². The summed E-state index contributed by atoms with van der Waals surface area (Å²) in [7, 11) is 5.40. The monoisotopic (exact) mass is 658 g/mol. The van der Waals surface area contributed by atoms with Gasteiger partial charge in [-0.15, -0.1) is 0 Å². The predicted octanol–water partition coefficient (Wildman–Crippen LogP) is 3.46. The van der Waals surface area contributed by atoms with Crippen molar-refractivity contribution in [3.8, 4) is 16.9 Å². The van der Waals surface area contributed by atoms with E-state index in [0.29, 0.717) is 52.2 Å². The van der Waals surface area contributed by atoms with Gasteiger partial charge in [-0.05, 0) is 37.2 Å². The fraction of sp³-hybridized carbons (Fsp3) is 0.303. The normalized spacial score (nSPS) is 16.0. The SMILES string of the molecule is COc1cc(C(=O)Nc2cccc(-c3cccc(NC(=O)c4nc5c(n4C)CCN(C)C5)c3Cl)c2C)ncc1CN[C@@H]1CONC1=O. The zero-order valence-corrected chi connectivity index (χ0v) is 27.2. The van der Waals surface area contributed by atoms with Gasteiger partial charge in [-0.3, -0.25) is 29.5 Å². The van der Waals surface area contributed by atoms with Crippen molar-refractivity contribution in [3.63, 3.8) is 0 Å². The number of methoxy groups -OCH3 is 1. The fourth-order valence-corrected chi connectivity index (χ4v) is 6.04. The number of rotatable bonds is 9. The van der Waals surface area contributed by atoms with E-state index in [1.54, 1.807) is 18.2 Å².